The number of carbonyl (C=O) groups is 2. The average molecular weight is 443 g/mol. The number of benzene rings is 3. The predicted molar refractivity (Wildman–Crippen MR) is 131 cm³/mol. The van der Waals surface area contributed by atoms with Crippen LogP contribution < -0.4 is 0 Å². The van der Waals surface area contributed by atoms with Gasteiger partial charge >= 0.3 is 11.9 Å². The Kier molecular flexibility index (Phi) is 6.93. The third-order valence-corrected chi connectivity index (χ3v) is 6.74. The van der Waals surface area contributed by atoms with Crippen LogP contribution in [-0.2, 0) is 6.42 Å². The number of hydrogen-bond acceptors (Lipinski definition) is 2. The molecule has 0 amide bonds. The molecule has 1 aliphatic rings. The topological polar surface area (TPSA) is 74.6 Å². The molecule has 0 aliphatic heterocycles. The lowest BCUT2D eigenvalue weighted by atomic mass is 9.81. The summed E-state index contributed by atoms with van der Waals surface area (Å²) in [6, 6.07) is 18.5. The molecule has 1 fully saturated rings. The van der Waals surface area contributed by atoms with Crippen molar-refractivity contribution >= 4 is 11.9 Å². The maximum Gasteiger partial charge on any atom is 0.336 e. The largest absolute Gasteiger partial charge is 0.478 e. The lowest BCUT2D eigenvalue weighted by Gasteiger charge is -2.22. The average Bonchev–Trinajstić information content (AvgIpc) is 3.37. The van der Waals surface area contributed by atoms with E-state index in [4.69, 9.17) is 0 Å². The summed E-state index contributed by atoms with van der Waals surface area (Å²) in [6.07, 6.45) is 7.52. The first-order valence-electron chi connectivity index (χ1n) is 11.8. The molecular formula is C29H30O4. The molecule has 4 nitrogen and oxygen atoms in total. The van der Waals surface area contributed by atoms with E-state index in [0.29, 0.717) is 17.0 Å². The molecule has 33 heavy (non-hydrogen) atoms. The molecule has 0 unspecified atom stereocenters. The molecule has 0 radical (unpaired) electrons. The van der Waals surface area contributed by atoms with Gasteiger partial charge < -0.3 is 10.2 Å². The van der Waals surface area contributed by atoms with E-state index in [2.05, 4.69) is 19.1 Å². The Morgan fingerprint density at radius 2 is 1.39 bits per heavy atom. The molecular weight excluding hydrogens is 412 g/mol. The molecule has 170 valence electrons. The van der Waals surface area contributed by atoms with E-state index in [1.807, 2.05) is 24.3 Å². The van der Waals surface area contributed by atoms with E-state index in [1.54, 1.807) is 24.3 Å². The normalized spacial score (nSPS) is 13.8. The summed E-state index contributed by atoms with van der Waals surface area (Å²) in [5.41, 5.74) is 5.75. The fourth-order valence-electron chi connectivity index (χ4n) is 5.11. The first kappa shape index (κ1) is 22.8. The Bertz CT molecular complexity index is 1170. The van der Waals surface area contributed by atoms with Gasteiger partial charge in [-0.05, 0) is 77.1 Å². The van der Waals surface area contributed by atoms with Crippen LogP contribution in [0.4, 0.5) is 0 Å². The van der Waals surface area contributed by atoms with Crippen LogP contribution in [0.2, 0.25) is 0 Å². The summed E-state index contributed by atoms with van der Waals surface area (Å²) in [6.45, 7) is 2.15. The Balaban J connectivity index is 2.07. The van der Waals surface area contributed by atoms with E-state index < -0.39 is 11.9 Å². The quantitative estimate of drug-likeness (QED) is 0.381. The van der Waals surface area contributed by atoms with Gasteiger partial charge in [0.1, 0.15) is 0 Å². The highest BCUT2D eigenvalue weighted by atomic mass is 16.4. The molecule has 0 saturated heterocycles. The molecule has 0 bridgehead atoms. The molecule has 3 aromatic rings. The zero-order chi connectivity index (χ0) is 23.4. The number of unbranched alkanes of at least 4 members (excludes halogenated alkanes) is 1. The van der Waals surface area contributed by atoms with Crippen molar-refractivity contribution in [3.05, 3.63) is 82.9 Å². The van der Waals surface area contributed by atoms with Gasteiger partial charge in [0.15, 0.2) is 0 Å². The maximum atomic E-state index is 12.1. The van der Waals surface area contributed by atoms with Gasteiger partial charge in [-0.3, -0.25) is 0 Å². The monoisotopic (exact) mass is 442 g/mol. The van der Waals surface area contributed by atoms with Crippen LogP contribution in [0.3, 0.4) is 0 Å². The molecule has 2 N–H and O–H groups in total. The number of aryl methyl sites for hydroxylation is 1. The van der Waals surface area contributed by atoms with Gasteiger partial charge in [-0.25, -0.2) is 9.59 Å². The second-order valence-electron chi connectivity index (χ2n) is 8.89. The van der Waals surface area contributed by atoms with Gasteiger partial charge in [0.25, 0.3) is 0 Å². The smallest absolute Gasteiger partial charge is 0.336 e. The Labute approximate surface area is 194 Å². The minimum Gasteiger partial charge on any atom is -0.478 e. The molecule has 4 heteroatoms. The van der Waals surface area contributed by atoms with Crippen molar-refractivity contribution < 1.29 is 19.8 Å². The van der Waals surface area contributed by atoms with Crippen molar-refractivity contribution in [3.8, 4) is 22.3 Å². The standard InChI is InChI=1S/C29H30O4/c1-2-3-10-20-17-21(19-11-4-5-12-19)18-26(22-13-6-8-15-24(22)28(30)31)27(20)23-14-7-9-16-25(23)29(32)33/h6-9,13-19H,2-5,10-12H2,1H3,(H,30,31)(H,32,33). The SMILES string of the molecule is CCCCc1cc(C2CCCC2)cc(-c2ccccc2C(=O)O)c1-c1ccccc1C(=O)O. The molecule has 1 aliphatic carbocycles. The molecule has 3 aromatic carbocycles. The Morgan fingerprint density at radius 1 is 0.818 bits per heavy atom. The summed E-state index contributed by atoms with van der Waals surface area (Å²) in [4.78, 5) is 24.2. The van der Waals surface area contributed by atoms with Crippen molar-refractivity contribution in [1.82, 2.24) is 0 Å². The van der Waals surface area contributed by atoms with Gasteiger partial charge in [-0.1, -0.05) is 74.7 Å². The molecule has 0 heterocycles. The van der Waals surface area contributed by atoms with E-state index in [-0.39, 0.29) is 11.1 Å². The second kappa shape index (κ2) is 10.0. The van der Waals surface area contributed by atoms with Crippen LogP contribution in [0.25, 0.3) is 22.3 Å². The first-order valence-corrected chi connectivity index (χ1v) is 11.8. The van der Waals surface area contributed by atoms with E-state index >= 15 is 0 Å². The van der Waals surface area contributed by atoms with Crippen molar-refractivity contribution in [1.29, 1.82) is 0 Å². The highest BCUT2D eigenvalue weighted by molar-refractivity contribution is 6.03. The van der Waals surface area contributed by atoms with Crippen LogP contribution in [0.15, 0.2) is 60.7 Å². The molecule has 0 atom stereocenters. The number of carboxylic acid groups (broad SMARTS) is 2. The minimum atomic E-state index is -0.982. The highest BCUT2D eigenvalue weighted by Gasteiger charge is 2.25. The van der Waals surface area contributed by atoms with Crippen LogP contribution in [-0.4, -0.2) is 22.2 Å². The third kappa shape index (κ3) is 4.70. The third-order valence-electron chi connectivity index (χ3n) is 6.74. The van der Waals surface area contributed by atoms with Gasteiger partial charge in [0.2, 0.25) is 0 Å². The lowest BCUT2D eigenvalue weighted by Crippen LogP contribution is -2.06. The van der Waals surface area contributed by atoms with E-state index in [9.17, 15) is 19.8 Å². The van der Waals surface area contributed by atoms with Crippen LogP contribution >= 0.6 is 0 Å². The molecule has 4 rings (SSSR count). The maximum absolute atomic E-state index is 12.1. The fraction of sp³-hybridized carbons (Fsp3) is 0.310. The minimum absolute atomic E-state index is 0.233. The summed E-state index contributed by atoms with van der Waals surface area (Å²) in [5, 5.41) is 19.9. The summed E-state index contributed by atoms with van der Waals surface area (Å²) in [7, 11) is 0. The van der Waals surface area contributed by atoms with Crippen LogP contribution in [0.1, 0.15) is 83.2 Å². The number of rotatable bonds is 8. The second-order valence-corrected chi connectivity index (χ2v) is 8.89. The molecule has 0 spiro atoms. The predicted octanol–water partition coefficient (Wildman–Crippen LogP) is 7.42. The Morgan fingerprint density at radius 3 is 2.00 bits per heavy atom. The summed E-state index contributed by atoms with van der Waals surface area (Å²) < 4.78 is 0. The van der Waals surface area contributed by atoms with Crippen LogP contribution in [0.5, 0.6) is 0 Å². The van der Waals surface area contributed by atoms with Crippen molar-refractivity contribution in [2.75, 3.05) is 0 Å². The Hall–Kier alpha value is -3.40. The number of carboxylic acids is 2. The fourth-order valence-corrected chi connectivity index (χ4v) is 5.11. The summed E-state index contributed by atoms with van der Waals surface area (Å²) in [5.74, 6) is -1.50. The van der Waals surface area contributed by atoms with Crippen LogP contribution in [0, 0.1) is 0 Å². The number of hydrogen-bond donors (Lipinski definition) is 2. The van der Waals surface area contributed by atoms with Gasteiger partial charge in [0.05, 0.1) is 11.1 Å². The zero-order valence-electron chi connectivity index (χ0n) is 19.0. The van der Waals surface area contributed by atoms with E-state index in [1.165, 1.54) is 18.4 Å². The highest BCUT2D eigenvalue weighted by Crippen LogP contribution is 2.43. The molecule has 0 aromatic heterocycles. The lowest BCUT2D eigenvalue weighted by molar-refractivity contribution is 0.0686. The van der Waals surface area contributed by atoms with Crippen molar-refractivity contribution in [2.24, 2.45) is 0 Å². The first-order chi connectivity index (χ1) is 16.0. The molecule has 1 saturated carbocycles. The zero-order valence-corrected chi connectivity index (χ0v) is 19.0. The van der Waals surface area contributed by atoms with Gasteiger partial charge in [-0.2, -0.15) is 0 Å². The van der Waals surface area contributed by atoms with Crippen molar-refractivity contribution in [2.45, 2.75) is 57.8 Å². The van der Waals surface area contributed by atoms with Gasteiger partial charge in [-0.15, -0.1) is 0 Å². The van der Waals surface area contributed by atoms with Crippen molar-refractivity contribution in [3.63, 3.8) is 0 Å². The van der Waals surface area contributed by atoms with Gasteiger partial charge in [0, 0.05) is 0 Å². The number of aromatic carboxylic acids is 2. The van der Waals surface area contributed by atoms with E-state index in [0.717, 1.165) is 48.8 Å². The summed E-state index contributed by atoms with van der Waals surface area (Å²) >= 11 is 0.